The summed E-state index contributed by atoms with van der Waals surface area (Å²) in [6.45, 7) is 4.16. The Morgan fingerprint density at radius 1 is 1.20 bits per heavy atom. The van der Waals surface area contributed by atoms with Gasteiger partial charge in [-0.1, -0.05) is 36.3 Å². The predicted octanol–water partition coefficient (Wildman–Crippen LogP) is 1.70. The second kappa shape index (κ2) is 5.74. The Bertz CT molecular complexity index is 346. The first-order valence-electron chi connectivity index (χ1n) is 5.19. The van der Waals surface area contributed by atoms with Gasteiger partial charge in [-0.05, 0) is 19.4 Å². The topological polar surface area (TPSA) is 9.23 Å². The van der Waals surface area contributed by atoms with E-state index in [0.29, 0.717) is 0 Å². The van der Waals surface area contributed by atoms with Crippen molar-refractivity contribution in [1.29, 1.82) is 0 Å². The molecule has 0 aliphatic carbocycles. The summed E-state index contributed by atoms with van der Waals surface area (Å²) in [4.78, 5) is 0. The van der Waals surface area contributed by atoms with Crippen molar-refractivity contribution in [3.8, 4) is 11.8 Å². The number of rotatable bonds is 3. The van der Waals surface area contributed by atoms with Crippen molar-refractivity contribution in [3.63, 3.8) is 0 Å². The minimum absolute atomic E-state index is 0.0735. The lowest BCUT2D eigenvalue weighted by molar-refractivity contribution is 0.130. The molecule has 1 rings (SSSR count). The summed E-state index contributed by atoms with van der Waals surface area (Å²) < 4.78 is 5.43. The van der Waals surface area contributed by atoms with Crippen LogP contribution in [-0.2, 0) is 10.8 Å². The summed E-state index contributed by atoms with van der Waals surface area (Å²) >= 11 is 0. The van der Waals surface area contributed by atoms with Crippen LogP contribution in [0.1, 0.15) is 25.8 Å². The van der Waals surface area contributed by atoms with E-state index in [1.807, 2.05) is 18.2 Å². The molecule has 0 aliphatic rings. The van der Waals surface area contributed by atoms with Gasteiger partial charge in [-0.15, -0.1) is 5.92 Å². The van der Waals surface area contributed by atoms with Crippen molar-refractivity contribution in [2.75, 3.05) is 0 Å². The van der Waals surface area contributed by atoms with Crippen molar-refractivity contribution in [3.05, 3.63) is 35.9 Å². The van der Waals surface area contributed by atoms with Crippen molar-refractivity contribution < 1.29 is 4.43 Å². The Labute approximate surface area is 95.4 Å². The molecule has 2 heteroatoms. The quantitative estimate of drug-likeness (QED) is 0.554. The highest BCUT2D eigenvalue weighted by atomic mass is 28.2. The smallest absolute Gasteiger partial charge is 0.146 e. The Kier molecular flexibility index (Phi) is 4.61. The lowest BCUT2D eigenvalue weighted by atomic mass is 10.1. The number of benzene rings is 1. The maximum Gasteiger partial charge on any atom is 0.146 e. The first-order chi connectivity index (χ1) is 7.14. The maximum atomic E-state index is 5.43. The molecule has 1 nitrogen and oxygen atoms in total. The summed E-state index contributed by atoms with van der Waals surface area (Å²) in [6, 6.07) is 10.3. The van der Waals surface area contributed by atoms with Gasteiger partial charge in [0.15, 0.2) is 0 Å². The molecule has 0 aliphatic heterocycles. The molecule has 1 aromatic carbocycles. The van der Waals surface area contributed by atoms with E-state index in [1.54, 1.807) is 0 Å². The van der Waals surface area contributed by atoms with Gasteiger partial charge in [0.2, 0.25) is 0 Å². The third-order valence-electron chi connectivity index (χ3n) is 2.33. The first kappa shape index (κ1) is 12.0. The molecule has 0 heterocycles. The van der Waals surface area contributed by atoms with Gasteiger partial charge in [0.25, 0.3) is 0 Å². The average molecular weight is 218 g/mol. The van der Waals surface area contributed by atoms with Crippen LogP contribution in [-0.4, -0.2) is 16.1 Å². The molecule has 0 aromatic heterocycles. The highest BCUT2D eigenvalue weighted by Crippen LogP contribution is 2.10. The summed E-state index contributed by atoms with van der Waals surface area (Å²) in [5.74, 6) is 6.35. The molecule has 0 fully saturated rings. The second-order valence-electron chi connectivity index (χ2n) is 4.16. The Balaban J connectivity index is 2.41. The summed E-state index contributed by atoms with van der Waals surface area (Å²) in [7, 11) is 0.774. The van der Waals surface area contributed by atoms with Gasteiger partial charge in [0, 0.05) is 12.8 Å². The summed E-state index contributed by atoms with van der Waals surface area (Å²) in [5.41, 5.74) is 1.20. The van der Waals surface area contributed by atoms with Crippen molar-refractivity contribution >= 4 is 10.5 Å². The SMILES string of the molecule is CC(C)(CC#CCc1ccccc1)O[SiH3]. The van der Waals surface area contributed by atoms with E-state index >= 15 is 0 Å². The molecule has 80 valence electrons. The van der Waals surface area contributed by atoms with Crippen LogP contribution in [0, 0.1) is 11.8 Å². The van der Waals surface area contributed by atoms with Crippen LogP contribution in [0.15, 0.2) is 30.3 Å². The molecular formula is C13H18OSi. The normalized spacial score (nSPS) is 10.8. The monoisotopic (exact) mass is 218 g/mol. The van der Waals surface area contributed by atoms with Crippen LogP contribution >= 0.6 is 0 Å². The van der Waals surface area contributed by atoms with Crippen LogP contribution in [0.25, 0.3) is 0 Å². The molecule has 0 saturated carbocycles. The van der Waals surface area contributed by atoms with Gasteiger partial charge in [0.1, 0.15) is 10.5 Å². The number of hydrogen-bond acceptors (Lipinski definition) is 1. The average Bonchev–Trinajstić information content (AvgIpc) is 2.26. The molecule has 0 amide bonds. The highest BCUT2D eigenvalue weighted by Gasteiger charge is 2.12. The van der Waals surface area contributed by atoms with Gasteiger partial charge in [-0.3, -0.25) is 0 Å². The minimum Gasteiger partial charge on any atom is -0.422 e. The predicted molar refractivity (Wildman–Crippen MR) is 67.6 cm³/mol. The Hall–Kier alpha value is -1.04. The van der Waals surface area contributed by atoms with Crippen molar-refractivity contribution in [2.24, 2.45) is 0 Å². The van der Waals surface area contributed by atoms with Crippen LogP contribution in [0.2, 0.25) is 0 Å². The fourth-order valence-corrected chi connectivity index (χ4v) is 1.25. The molecule has 0 bridgehead atoms. The van der Waals surface area contributed by atoms with E-state index in [1.165, 1.54) is 5.56 Å². The molecular weight excluding hydrogens is 200 g/mol. The van der Waals surface area contributed by atoms with Crippen LogP contribution in [0.5, 0.6) is 0 Å². The number of hydrogen-bond donors (Lipinski definition) is 0. The molecule has 15 heavy (non-hydrogen) atoms. The zero-order valence-corrected chi connectivity index (χ0v) is 11.7. The van der Waals surface area contributed by atoms with E-state index in [2.05, 4.69) is 37.8 Å². The van der Waals surface area contributed by atoms with E-state index in [-0.39, 0.29) is 5.60 Å². The summed E-state index contributed by atoms with van der Waals surface area (Å²) in [5, 5.41) is 0. The molecule has 0 spiro atoms. The van der Waals surface area contributed by atoms with Crippen LogP contribution in [0.4, 0.5) is 0 Å². The Morgan fingerprint density at radius 3 is 2.47 bits per heavy atom. The minimum atomic E-state index is -0.0735. The molecule has 0 radical (unpaired) electrons. The second-order valence-corrected chi connectivity index (χ2v) is 4.56. The zero-order valence-electron chi connectivity index (χ0n) is 9.71. The van der Waals surface area contributed by atoms with E-state index in [4.69, 9.17) is 4.43 Å². The lowest BCUT2D eigenvalue weighted by Crippen LogP contribution is -2.21. The Morgan fingerprint density at radius 2 is 1.87 bits per heavy atom. The van der Waals surface area contributed by atoms with E-state index < -0.39 is 0 Å². The molecule has 0 saturated heterocycles. The molecule has 0 N–H and O–H groups in total. The fourth-order valence-electron chi connectivity index (χ4n) is 1.11. The van der Waals surface area contributed by atoms with Crippen LogP contribution in [0.3, 0.4) is 0 Å². The van der Waals surface area contributed by atoms with Gasteiger partial charge in [-0.2, -0.15) is 0 Å². The van der Waals surface area contributed by atoms with Crippen molar-refractivity contribution in [1.82, 2.24) is 0 Å². The molecule has 0 atom stereocenters. The largest absolute Gasteiger partial charge is 0.422 e. The lowest BCUT2D eigenvalue weighted by Gasteiger charge is -2.20. The zero-order chi connectivity index (χ0) is 11.1. The molecule has 1 aromatic rings. The fraction of sp³-hybridized carbons (Fsp3) is 0.385. The van der Waals surface area contributed by atoms with E-state index in [9.17, 15) is 0 Å². The maximum absolute atomic E-state index is 5.43. The van der Waals surface area contributed by atoms with Gasteiger partial charge < -0.3 is 4.43 Å². The first-order valence-corrected chi connectivity index (χ1v) is 6.00. The molecule has 0 unspecified atom stereocenters. The van der Waals surface area contributed by atoms with Gasteiger partial charge >= 0.3 is 0 Å². The standard InChI is InChI=1S/C13H18OSi/c1-13(2,14-15)11-7-6-10-12-8-4-3-5-9-12/h3-5,8-9H,10-11H2,1-2,15H3. The van der Waals surface area contributed by atoms with Crippen LogP contribution < -0.4 is 0 Å². The van der Waals surface area contributed by atoms with E-state index in [0.717, 1.165) is 23.3 Å². The van der Waals surface area contributed by atoms with Gasteiger partial charge in [0.05, 0.1) is 5.60 Å². The van der Waals surface area contributed by atoms with Crippen molar-refractivity contribution in [2.45, 2.75) is 32.3 Å². The van der Waals surface area contributed by atoms with Gasteiger partial charge in [-0.25, -0.2) is 0 Å². The third-order valence-corrected chi connectivity index (χ3v) is 3.43. The highest BCUT2D eigenvalue weighted by molar-refractivity contribution is 5.98. The summed E-state index contributed by atoms with van der Waals surface area (Å²) in [6.07, 6.45) is 1.64. The third kappa shape index (κ3) is 4.82.